The lowest BCUT2D eigenvalue weighted by Gasteiger charge is -2.49. The first-order valence-corrected chi connectivity index (χ1v) is 16.9. The van der Waals surface area contributed by atoms with E-state index in [1.165, 1.54) is 0 Å². The second kappa shape index (κ2) is 13.9. The number of nitrogens with two attached hydrogens (primary N) is 1. The second-order valence-electron chi connectivity index (χ2n) is 15.1. The Morgan fingerprint density at radius 1 is 1.15 bits per heavy atom. The molecule has 5 aliphatic heterocycles. The average molecular weight is 655 g/mol. The van der Waals surface area contributed by atoms with Gasteiger partial charge in [-0.3, -0.25) is 9.59 Å². The van der Waals surface area contributed by atoms with Gasteiger partial charge in [-0.25, -0.2) is 4.79 Å². The van der Waals surface area contributed by atoms with E-state index in [0.29, 0.717) is 25.8 Å². The van der Waals surface area contributed by atoms with Crippen molar-refractivity contribution in [2.24, 2.45) is 23.0 Å². The third kappa shape index (κ3) is 6.83. The zero-order valence-electron chi connectivity index (χ0n) is 29.4. The molecule has 5 rings (SSSR count). The van der Waals surface area contributed by atoms with Gasteiger partial charge in [-0.1, -0.05) is 20.8 Å². The van der Waals surface area contributed by atoms with Crippen LogP contribution in [0.2, 0.25) is 0 Å². The molecule has 13 heteroatoms. The maximum Gasteiger partial charge on any atom is 0.408 e. The summed E-state index contributed by atoms with van der Waals surface area (Å²) in [6, 6.07) is -0.936. The highest BCUT2D eigenvalue weighted by Crippen LogP contribution is 2.43. The van der Waals surface area contributed by atoms with Crippen LogP contribution < -0.4 is 11.1 Å². The molecular formula is C33H58N4O9. The third-order valence-electron chi connectivity index (χ3n) is 11.2. The predicted molar refractivity (Wildman–Crippen MR) is 170 cm³/mol. The minimum absolute atomic E-state index is 0.0504. The number of hydrogen-bond acceptors (Lipinski definition) is 12. The van der Waals surface area contributed by atoms with Crippen molar-refractivity contribution in [1.29, 1.82) is 0 Å². The Morgan fingerprint density at radius 3 is 2.43 bits per heavy atom. The normalized spacial score (nSPS) is 46.5. The Labute approximate surface area is 274 Å². The summed E-state index contributed by atoms with van der Waals surface area (Å²) in [5.41, 5.74) is 2.30. The van der Waals surface area contributed by atoms with Gasteiger partial charge in [0.25, 0.3) is 0 Å². The van der Waals surface area contributed by atoms with Crippen molar-refractivity contribution in [2.45, 2.75) is 134 Å². The fourth-order valence-electron chi connectivity index (χ4n) is 8.31. The topological polar surface area (TPSA) is 162 Å². The summed E-state index contributed by atoms with van der Waals surface area (Å²) in [6.07, 6.45) is -3.16. The molecule has 5 fully saturated rings. The molecule has 3 unspecified atom stereocenters. The standard InChI is InChI=1S/C33H58N4O9/c1-11-23-33(7)25(35-30(41)46-33)20(4)37(10)17-18(2)15-32(6)27(19(3)26(39)31(5,12-13-42-32)29(40)44-23)45-28-24(38)22(36(8)9)14-21(16-34)43-28/h18-25,27-28,38H,11-17,34H2,1-10H3,(H,35,41)/t18-,19+,20-,21?,22?,23-,24?,25-,27-,28+,31+,32+,33-/m1/s1. The SMILES string of the molecule is CC[C@H]1OC(=O)[C@@]2(C)CCO[C@@](C)(C[C@@H](C)CN(C)[C@H](C)[C@H]3NC(=O)O[C@@]31C)[C@H](O[C@@H]1OC(CN)CC(N(C)C)C1O)[C@@H](C)C2=O. The van der Waals surface area contributed by atoms with E-state index in [0.717, 1.165) is 0 Å². The van der Waals surface area contributed by atoms with Crippen LogP contribution in [-0.2, 0) is 33.3 Å². The average Bonchev–Trinajstić information content (AvgIpc) is 3.30. The smallest absolute Gasteiger partial charge is 0.408 e. The number of amides is 1. The molecule has 0 aromatic heterocycles. The van der Waals surface area contributed by atoms with E-state index >= 15 is 0 Å². The Hall–Kier alpha value is -1.87. The number of nitrogens with one attached hydrogen (secondary N) is 1. The number of fused-ring (bicyclic) bond motifs is 10. The number of carbonyl (C=O) groups excluding carboxylic acids is 3. The van der Waals surface area contributed by atoms with Crippen LogP contribution in [0.4, 0.5) is 4.79 Å². The number of ether oxygens (including phenoxy) is 5. The lowest BCUT2D eigenvalue weighted by molar-refractivity contribution is -0.300. The predicted octanol–water partition coefficient (Wildman–Crippen LogP) is 1.68. The van der Waals surface area contributed by atoms with Gasteiger partial charge in [0.2, 0.25) is 0 Å². The molecule has 0 radical (unpaired) electrons. The lowest BCUT2D eigenvalue weighted by Crippen LogP contribution is -2.62. The van der Waals surface area contributed by atoms with Crippen molar-refractivity contribution in [3.63, 3.8) is 0 Å². The summed E-state index contributed by atoms with van der Waals surface area (Å²) in [6.45, 7) is 14.1. The van der Waals surface area contributed by atoms with Crippen molar-refractivity contribution in [2.75, 3.05) is 40.8 Å². The molecule has 1 amide bonds. The fraction of sp³-hybridized carbons (Fsp3) is 0.909. The van der Waals surface area contributed by atoms with Crippen LogP contribution in [0.5, 0.6) is 0 Å². The van der Waals surface area contributed by atoms with Gasteiger partial charge < -0.3 is 49.6 Å². The van der Waals surface area contributed by atoms with Crippen molar-refractivity contribution in [3.05, 3.63) is 0 Å². The van der Waals surface area contributed by atoms with Gasteiger partial charge in [0, 0.05) is 37.7 Å². The molecule has 5 heterocycles. The van der Waals surface area contributed by atoms with Crippen molar-refractivity contribution < 1.29 is 43.2 Å². The van der Waals surface area contributed by atoms with E-state index in [1.54, 1.807) is 20.8 Å². The Balaban J connectivity index is 1.79. The van der Waals surface area contributed by atoms with Gasteiger partial charge in [-0.15, -0.1) is 0 Å². The van der Waals surface area contributed by atoms with Crippen molar-refractivity contribution in [3.8, 4) is 0 Å². The number of alkyl carbamates (subject to hydrolysis) is 1. The molecule has 0 spiro atoms. The molecule has 46 heavy (non-hydrogen) atoms. The molecule has 13 atom stereocenters. The molecule has 0 aliphatic carbocycles. The lowest BCUT2D eigenvalue weighted by atomic mass is 9.70. The number of likely N-dealkylation sites (N-methyl/N-ethyl adjacent to an activating group) is 2. The van der Waals surface area contributed by atoms with Gasteiger partial charge in [-0.05, 0) is 80.4 Å². The van der Waals surface area contributed by atoms with Gasteiger partial charge >= 0.3 is 12.1 Å². The number of aliphatic hydroxyl groups excluding tert-OH is 1. The number of hydrogen-bond donors (Lipinski definition) is 3. The summed E-state index contributed by atoms with van der Waals surface area (Å²) < 4.78 is 31.6. The number of Topliss-reactive ketones (excluding diaryl/α,β-unsaturated/α-hetero) is 1. The highest BCUT2D eigenvalue weighted by atomic mass is 16.7. The number of esters is 1. The molecule has 264 valence electrons. The minimum Gasteiger partial charge on any atom is -0.457 e. The largest absolute Gasteiger partial charge is 0.457 e. The summed E-state index contributed by atoms with van der Waals surface area (Å²) in [4.78, 5) is 45.4. The first-order valence-electron chi connectivity index (χ1n) is 16.9. The number of ketones is 1. The zero-order chi connectivity index (χ0) is 34.4. The molecule has 5 aliphatic rings. The number of aliphatic hydroxyl groups is 1. The highest BCUT2D eigenvalue weighted by molar-refractivity contribution is 6.04. The monoisotopic (exact) mass is 654 g/mol. The van der Waals surface area contributed by atoms with Crippen LogP contribution >= 0.6 is 0 Å². The van der Waals surface area contributed by atoms with Gasteiger partial charge in [-0.2, -0.15) is 0 Å². The summed E-state index contributed by atoms with van der Waals surface area (Å²) in [5.74, 6) is -1.82. The maximum atomic E-state index is 14.6. The van der Waals surface area contributed by atoms with Crippen LogP contribution in [0.25, 0.3) is 0 Å². The number of rotatable bonds is 5. The summed E-state index contributed by atoms with van der Waals surface area (Å²) in [5, 5.41) is 14.4. The Morgan fingerprint density at radius 2 is 1.83 bits per heavy atom. The molecule has 5 saturated heterocycles. The first-order chi connectivity index (χ1) is 21.4. The summed E-state index contributed by atoms with van der Waals surface area (Å²) in [7, 11) is 5.76. The van der Waals surface area contributed by atoms with E-state index in [-0.39, 0.29) is 49.5 Å². The van der Waals surface area contributed by atoms with Gasteiger partial charge in [0.05, 0.1) is 23.9 Å². The maximum absolute atomic E-state index is 14.6. The molecule has 4 N–H and O–H groups in total. The van der Waals surface area contributed by atoms with E-state index < -0.39 is 65.2 Å². The third-order valence-corrected chi connectivity index (χ3v) is 11.2. The molecule has 0 aromatic carbocycles. The second-order valence-corrected chi connectivity index (χ2v) is 15.1. The van der Waals surface area contributed by atoms with Crippen LogP contribution in [-0.4, -0.2) is 134 Å². The molecular weight excluding hydrogens is 596 g/mol. The first kappa shape index (κ1) is 37.0. The summed E-state index contributed by atoms with van der Waals surface area (Å²) >= 11 is 0. The highest BCUT2D eigenvalue weighted by Gasteiger charge is 2.59. The zero-order valence-corrected chi connectivity index (χ0v) is 29.4. The van der Waals surface area contributed by atoms with E-state index in [1.807, 2.05) is 46.8 Å². The molecule has 0 aromatic rings. The van der Waals surface area contributed by atoms with Crippen molar-refractivity contribution >= 4 is 17.8 Å². The van der Waals surface area contributed by atoms with Crippen LogP contribution in [0.1, 0.15) is 74.1 Å². The van der Waals surface area contributed by atoms with E-state index in [2.05, 4.69) is 17.1 Å². The van der Waals surface area contributed by atoms with E-state index in [9.17, 15) is 19.5 Å². The van der Waals surface area contributed by atoms with E-state index in [4.69, 9.17) is 29.4 Å². The van der Waals surface area contributed by atoms with Gasteiger partial charge in [0.1, 0.15) is 17.6 Å². The molecule has 13 nitrogen and oxygen atoms in total. The molecule has 0 saturated carbocycles. The molecule has 2 bridgehead atoms. The van der Waals surface area contributed by atoms with Crippen molar-refractivity contribution in [1.82, 2.24) is 15.1 Å². The van der Waals surface area contributed by atoms with Gasteiger partial charge in [0.15, 0.2) is 17.7 Å². The quantitative estimate of drug-likeness (QED) is 0.291. The Bertz CT molecular complexity index is 1130. The van der Waals surface area contributed by atoms with Crippen LogP contribution in [0.3, 0.4) is 0 Å². The Kier molecular flexibility index (Phi) is 11.2. The van der Waals surface area contributed by atoms with Crippen LogP contribution in [0.15, 0.2) is 0 Å². The minimum atomic E-state index is -1.57. The number of nitrogens with zero attached hydrogens (tertiary/aromatic N) is 2. The number of carbonyl (C=O) groups is 3. The van der Waals surface area contributed by atoms with Crippen LogP contribution in [0, 0.1) is 17.3 Å². The fourth-order valence-corrected chi connectivity index (χ4v) is 8.31.